The van der Waals surface area contributed by atoms with E-state index in [0.29, 0.717) is 19.1 Å². The first-order valence-corrected chi connectivity index (χ1v) is 10.2. The predicted molar refractivity (Wildman–Crippen MR) is 109 cm³/mol. The van der Waals surface area contributed by atoms with E-state index in [4.69, 9.17) is 14.2 Å². The molecule has 0 aromatic rings. The number of likely N-dealkylation sites (tertiary alicyclic amines) is 1. The lowest BCUT2D eigenvalue weighted by atomic mass is 10.1. The number of nitrogens with zero attached hydrogens (tertiary/aromatic N) is 4. The summed E-state index contributed by atoms with van der Waals surface area (Å²) in [5.41, 5.74) is 0. The van der Waals surface area contributed by atoms with Gasteiger partial charge < -0.3 is 29.3 Å². The number of ether oxygens (including phenoxy) is 3. The highest BCUT2D eigenvalue weighted by molar-refractivity contribution is 5.85. The predicted octanol–water partition coefficient (Wildman–Crippen LogP) is -0.663. The van der Waals surface area contributed by atoms with Crippen molar-refractivity contribution in [2.24, 2.45) is 10.9 Å². The Labute approximate surface area is 169 Å². The van der Waals surface area contributed by atoms with Gasteiger partial charge >= 0.3 is 0 Å². The zero-order valence-corrected chi connectivity index (χ0v) is 17.7. The molecule has 0 aromatic carbocycles. The van der Waals surface area contributed by atoms with E-state index in [1.165, 1.54) is 0 Å². The Morgan fingerprint density at radius 3 is 2.75 bits per heavy atom. The van der Waals surface area contributed by atoms with Crippen LogP contribution in [0.5, 0.6) is 0 Å². The van der Waals surface area contributed by atoms with Gasteiger partial charge in [-0.05, 0) is 6.42 Å². The van der Waals surface area contributed by atoms with Crippen LogP contribution < -0.4 is 5.32 Å². The molecule has 0 spiro atoms. The summed E-state index contributed by atoms with van der Waals surface area (Å²) in [5.74, 6) is 1.31. The third-order valence-corrected chi connectivity index (χ3v) is 5.05. The average Bonchev–Trinajstić information content (AvgIpc) is 3.17. The molecule has 2 aliphatic heterocycles. The Balaban J connectivity index is 1.83. The summed E-state index contributed by atoms with van der Waals surface area (Å²) in [6.45, 7) is 9.27. The highest BCUT2D eigenvalue weighted by Crippen LogP contribution is 2.16. The van der Waals surface area contributed by atoms with E-state index >= 15 is 0 Å². The highest BCUT2D eigenvalue weighted by atomic mass is 16.5. The molecule has 1 atom stereocenters. The van der Waals surface area contributed by atoms with E-state index in [9.17, 15) is 4.79 Å². The lowest BCUT2D eigenvalue weighted by molar-refractivity contribution is -0.127. The second-order valence-corrected chi connectivity index (χ2v) is 7.48. The molecule has 1 unspecified atom stereocenters. The number of hydrogen-bond acceptors (Lipinski definition) is 6. The number of methoxy groups -OCH3 is 1. The molecule has 2 heterocycles. The smallest absolute Gasteiger partial charge is 0.243 e. The van der Waals surface area contributed by atoms with Crippen molar-refractivity contribution in [2.75, 3.05) is 100 Å². The maximum atomic E-state index is 12.0. The van der Waals surface area contributed by atoms with Gasteiger partial charge in [0.25, 0.3) is 0 Å². The average molecular weight is 400 g/mol. The molecule has 0 radical (unpaired) electrons. The first-order valence-electron chi connectivity index (χ1n) is 10.2. The Morgan fingerprint density at radius 1 is 1.25 bits per heavy atom. The number of carbonyl (C=O) groups is 1. The Kier molecular flexibility index (Phi) is 10.6. The summed E-state index contributed by atoms with van der Waals surface area (Å²) < 4.78 is 16.1. The number of carbonyl (C=O) groups excluding carboxylic acids is 1. The molecule has 0 aromatic heterocycles. The number of likely N-dealkylation sites (N-methyl/N-ethyl adjacent to an activating group) is 1. The van der Waals surface area contributed by atoms with E-state index in [1.54, 1.807) is 26.1 Å². The van der Waals surface area contributed by atoms with Crippen LogP contribution in [-0.4, -0.2) is 127 Å². The Hall–Kier alpha value is -1.42. The maximum Gasteiger partial charge on any atom is 0.243 e. The third-order valence-electron chi connectivity index (χ3n) is 5.05. The summed E-state index contributed by atoms with van der Waals surface area (Å²) in [6, 6.07) is 0. The zero-order valence-electron chi connectivity index (χ0n) is 17.7. The lowest BCUT2D eigenvalue weighted by Crippen LogP contribution is -2.46. The number of amides is 1. The van der Waals surface area contributed by atoms with Crippen LogP contribution in [0.15, 0.2) is 4.99 Å². The van der Waals surface area contributed by atoms with Gasteiger partial charge in [0.15, 0.2) is 5.96 Å². The van der Waals surface area contributed by atoms with E-state index < -0.39 is 0 Å². The molecule has 2 fully saturated rings. The number of nitrogens with one attached hydrogen (secondary N) is 1. The molecule has 162 valence electrons. The van der Waals surface area contributed by atoms with Crippen LogP contribution in [-0.2, 0) is 19.0 Å². The molecule has 1 amide bonds. The van der Waals surface area contributed by atoms with E-state index in [-0.39, 0.29) is 12.5 Å². The molecule has 0 saturated carbocycles. The van der Waals surface area contributed by atoms with Gasteiger partial charge in [-0.2, -0.15) is 0 Å². The van der Waals surface area contributed by atoms with Crippen LogP contribution in [0, 0.1) is 5.92 Å². The van der Waals surface area contributed by atoms with Gasteiger partial charge in [0, 0.05) is 66.4 Å². The molecule has 28 heavy (non-hydrogen) atoms. The fraction of sp³-hybridized carbons (Fsp3) is 0.895. The standard InChI is InChI=1S/C19H37N5O4/c1-22(2)18(25)14-21-19(20-5-7-23-8-10-27-11-9-23)24-6-4-17(15-24)16-28-13-12-26-3/h17H,4-16H2,1-3H3,(H,20,21). The quantitative estimate of drug-likeness (QED) is 0.297. The number of morpholine rings is 1. The monoisotopic (exact) mass is 399 g/mol. The summed E-state index contributed by atoms with van der Waals surface area (Å²) >= 11 is 0. The van der Waals surface area contributed by atoms with Crippen LogP contribution >= 0.6 is 0 Å². The molecule has 0 bridgehead atoms. The van der Waals surface area contributed by atoms with E-state index in [1.807, 2.05) is 0 Å². The Morgan fingerprint density at radius 2 is 2.04 bits per heavy atom. The van der Waals surface area contributed by atoms with Crippen molar-refractivity contribution in [3.05, 3.63) is 0 Å². The summed E-state index contributed by atoms with van der Waals surface area (Å²) in [7, 11) is 5.19. The Bertz CT molecular complexity index is 483. The van der Waals surface area contributed by atoms with Gasteiger partial charge in [0.1, 0.15) is 6.54 Å². The minimum Gasteiger partial charge on any atom is -0.382 e. The lowest BCUT2D eigenvalue weighted by Gasteiger charge is -2.28. The van der Waals surface area contributed by atoms with Crippen molar-refractivity contribution in [2.45, 2.75) is 6.42 Å². The fourth-order valence-electron chi connectivity index (χ4n) is 3.26. The normalized spacial score (nSPS) is 21.2. The van der Waals surface area contributed by atoms with Crippen molar-refractivity contribution in [3.63, 3.8) is 0 Å². The second kappa shape index (κ2) is 12.9. The molecule has 9 heteroatoms. The van der Waals surface area contributed by atoms with E-state index in [2.05, 4.69) is 20.1 Å². The van der Waals surface area contributed by atoms with Gasteiger partial charge in [-0.15, -0.1) is 0 Å². The molecule has 2 rings (SSSR count). The van der Waals surface area contributed by atoms with Gasteiger partial charge in [0.05, 0.1) is 33.0 Å². The molecule has 2 aliphatic rings. The molecule has 1 N–H and O–H groups in total. The number of rotatable bonds is 10. The van der Waals surface area contributed by atoms with Crippen molar-refractivity contribution >= 4 is 11.9 Å². The second-order valence-electron chi connectivity index (χ2n) is 7.48. The molecule has 9 nitrogen and oxygen atoms in total. The summed E-state index contributed by atoms with van der Waals surface area (Å²) in [4.78, 5) is 22.8. The van der Waals surface area contributed by atoms with Crippen LogP contribution in [0.4, 0.5) is 0 Å². The van der Waals surface area contributed by atoms with Crippen molar-refractivity contribution in [1.29, 1.82) is 0 Å². The summed E-state index contributed by atoms with van der Waals surface area (Å²) in [6.07, 6.45) is 1.07. The van der Waals surface area contributed by atoms with Crippen LogP contribution in [0.25, 0.3) is 0 Å². The van der Waals surface area contributed by atoms with E-state index in [0.717, 1.165) is 71.5 Å². The zero-order chi connectivity index (χ0) is 20.2. The number of aliphatic imine (C=N–C) groups is 1. The number of guanidine groups is 1. The minimum atomic E-state index is 0.00567. The van der Waals surface area contributed by atoms with Crippen molar-refractivity contribution < 1.29 is 19.0 Å². The minimum absolute atomic E-state index is 0.00567. The first-order chi connectivity index (χ1) is 13.6. The first kappa shape index (κ1) is 22.9. The third kappa shape index (κ3) is 8.30. The highest BCUT2D eigenvalue weighted by Gasteiger charge is 2.25. The van der Waals surface area contributed by atoms with Crippen LogP contribution in [0.3, 0.4) is 0 Å². The number of hydrogen-bond donors (Lipinski definition) is 1. The van der Waals surface area contributed by atoms with Crippen molar-refractivity contribution in [1.82, 2.24) is 20.0 Å². The van der Waals surface area contributed by atoms with Crippen molar-refractivity contribution in [3.8, 4) is 0 Å². The molecular weight excluding hydrogens is 362 g/mol. The topological polar surface area (TPSA) is 78.9 Å². The van der Waals surface area contributed by atoms with Gasteiger partial charge in [-0.1, -0.05) is 0 Å². The van der Waals surface area contributed by atoms with Gasteiger partial charge in [0.2, 0.25) is 5.91 Å². The maximum absolute atomic E-state index is 12.0. The molecule has 0 aliphatic carbocycles. The van der Waals surface area contributed by atoms with Gasteiger partial charge in [-0.3, -0.25) is 9.69 Å². The fourth-order valence-corrected chi connectivity index (χ4v) is 3.26. The molecule has 2 saturated heterocycles. The van der Waals surface area contributed by atoms with Crippen LogP contribution in [0.2, 0.25) is 0 Å². The van der Waals surface area contributed by atoms with Gasteiger partial charge in [-0.25, -0.2) is 4.99 Å². The SMILES string of the molecule is COCCOCC1CCN(C(=NCC(=O)N(C)C)NCCN2CCOCC2)C1. The van der Waals surface area contributed by atoms with Crippen LogP contribution in [0.1, 0.15) is 6.42 Å². The summed E-state index contributed by atoms with van der Waals surface area (Å²) in [5, 5.41) is 3.46. The molecular formula is C19H37N5O4. The largest absolute Gasteiger partial charge is 0.382 e.